The third-order valence-corrected chi connectivity index (χ3v) is 3.65. The van der Waals surface area contributed by atoms with Crippen molar-refractivity contribution in [2.75, 3.05) is 0 Å². The Labute approximate surface area is 127 Å². The van der Waals surface area contributed by atoms with Gasteiger partial charge in [-0.15, -0.1) is 0 Å². The molecule has 0 radical (unpaired) electrons. The molecule has 0 N–H and O–H groups in total. The van der Waals surface area contributed by atoms with Crippen molar-refractivity contribution < 1.29 is 4.79 Å². The summed E-state index contributed by atoms with van der Waals surface area (Å²) >= 11 is 6.16. The van der Waals surface area contributed by atoms with Gasteiger partial charge in [0.15, 0.2) is 6.29 Å². The number of rotatable bonds is 4. The summed E-state index contributed by atoms with van der Waals surface area (Å²) in [7, 11) is 0. The van der Waals surface area contributed by atoms with Gasteiger partial charge in [-0.05, 0) is 17.7 Å². The molecule has 2 aromatic carbocycles. The third-order valence-electron chi connectivity index (χ3n) is 3.28. The molecule has 0 aliphatic carbocycles. The molecule has 0 bridgehead atoms. The summed E-state index contributed by atoms with van der Waals surface area (Å²) in [5.74, 6) is 0. The first-order chi connectivity index (χ1) is 10.3. The minimum atomic E-state index is 0.473. The summed E-state index contributed by atoms with van der Waals surface area (Å²) < 4.78 is 1.68. The monoisotopic (exact) mass is 296 g/mol. The predicted molar refractivity (Wildman–Crippen MR) is 83.6 cm³/mol. The van der Waals surface area contributed by atoms with Gasteiger partial charge in [-0.2, -0.15) is 5.10 Å². The van der Waals surface area contributed by atoms with Crippen LogP contribution in [-0.2, 0) is 6.54 Å². The van der Waals surface area contributed by atoms with Crippen molar-refractivity contribution in [2.24, 2.45) is 0 Å². The number of hydrogen-bond donors (Lipinski definition) is 0. The fraction of sp³-hybridized carbons (Fsp3) is 0.0588. The Morgan fingerprint density at radius 1 is 1.05 bits per heavy atom. The highest BCUT2D eigenvalue weighted by atomic mass is 35.5. The van der Waals surface area contributed by atoms with Gasteiger partial charge in [-0.3, -0.25) is 9.48 Å². The predicted octanol–water partition coefficient (Wildman–Crippen LogP) is 4.06. The van der Waals surface area contributed by atoms with Gasteiger partial charge in [-0.25, -0.2) is 0 Å². The van der Waals surface area contributed by atoms with Gasteiger partial charge in [0.05, 0.1) is 12.2 Å². The quantitative estimate of drug-likeness (QED) is 0.680. The van der Waals surface area contributed by atoms with Crippen molar-refractivity contribution >= 4 is 17.9 Å². The fourth-order valence-corrected chi connectivity index (χ4v) is 2.39. The Bertz CT molecular complexity index is 765. The number of hydrogen-bond acceptors (Lipinski definition) is 2. The van der Waals surface area contributed by atoms with Crippen LogP contribution in [0.15, 0.2) is 60.7 Å². The van der Waals surface area contributed by atoms with E-state index in [9.17, 15) is 4.79 Å². The van der Waals surface area contributed by atoms with Crippen LogP contribution in [0.1, 0.15) is 16.1 Å². The number of carbonyl (C=O) groups is 1. The molecule has 0 fully saturated rings. The van der Waals surface area contributed by atoms with Crippen LogP contribution in [0.5, 0.6) is 0 Å². The summed E-state index contributed by atoms with van der Waals surface area (Å²) in [5.41, 5.74) is 3.24. The van der Waals surface area contributed by atoms with Crippen LogP contribution in [0, 0.1) is 0 Å². The van der Waals surface area contributed by atoms with Gasteiger partial charge in [0.1, 0.15) is 5.69 Å². The molecule has 0 unspecified atom stereocenters. The topological polar surface area (TPSA) is 34.9 Å². The third kappa shape index (κ3) is 2.88. The minimum absolute atomic E-state index is 0.473. The number of halogens is 1. The van der Waals surface area contributed by atoms with Crippen LogP contribution >= 0.6 is 11.6 Å². The smallest absolute Gasteiger partial charge is 0.168 e. The van der Waals surface area contributed by atoms with E-state index in [1.165, 1.54) is 0 Å². The first-order valence-corrected chi connectivity index (χ1v) is 6.97. The normalized spacial score (nSPS) is 10.5. The van der Waals surface area contributed by atoms with Crippen molar-refractivity contribution in [3.05, 3.63) is 76.9 Å². The van der Waals surface area contributed by atoms with Crippen molar-refractivity contribution in [3.8, 4) is 11.3 Å². The number of benzene rings is 2. The molecular formula is C17H13ClN2O. The first kappa shape index (κ1) is 13.6. The van der Waals surface area contributed by atoms with E-state index >= 15 is 0 Å². The van der Waals surface area contributed by atoms with Crippen molar-refractivity contribution in [1.29, 1.82) is 0 Å². The zero-order valence-electron chi connectivity index (χ0n) is 11.2. The minimum Gasteiger partial charge on any atom is -0.296 e. The lowest BCUT2D eigenvalue weighted by molar-refractivity contribution is 0.111. The lowest BCUT2D eigenvalue weighted by Crippen LogP contribution is -2.06. The molecule has 4 heteroatoms. The highest BCUT2D eigenvalue weighted by molar-refractivity contribution is 6.31. The van der Waals surface area contributed by atoms with Gasteiger partial charge < -0.3 is 0 Å². The summed E-state index contributed by atoms with van der Waals surface area (Å²) in [5, 5.41) is 5.19. The Kier molecular flexibility index (Phi) is 3.84. The maximum absolute atomic E-state index is 11.3. The van der Waals surface area contributed by atoms with Gasteiger partial charge in [0.2, 0.25) is 0 Å². The molecule has 3 nitrogen and oxygen atoms in total. The molecule has 0 aliphatic rings. The fourth-order valence-electron chi connectivity index (χ4n) is 2.19. The van der Waals surface area contributed by atoms with E-state index in [-0.39, 0.29) is 0 Å². The first-order valence-electron chi connectivity index (χ1n) is 6.60. The zero-order valence-corrected chi connectivity index (χ0v) is 12.0. The van der Waals surface area contributed by atoms with Crippen molar-refractivity contribution in [1.82, 2.24) is 9.78 Å². The molecule has 0 saturated heterocycles. The highest BCUT2D eigenvalue weighted by Gasteiger charge is 2.10. The molecule has 0 aliphatic heterocycles. The number of aromatic nitrogens is 2. The molecule has 3 rings (SSSR count). The van der Waals surface area contributed by atoms with E-state index in [0.29, 0.717) is 17.3 Å². The summed E-state index contributed by atoms with van der Waals surface area (Å²) in [4.78, 5) is 11.3. The molecule has 1 heterocycles. The average molecular weight is 297 g/mol. The number of carbonyl (C=O) groups excluding carboxylic acids is 1. The standard InChI is InChI=1S/C17H13ClN2O/c18-16-9-5-4-8-14(16)11-20-15(12-21)10-17(19-20)13-6-2-1-3-7-13/h1-10,12H,11H2. The zero-order chi connectivity index (χ0) is 14.7. The molecule has 0 atom stereocenters. The van der Waals surface area contributed by atoms with Gasteiger partial charge in [-0.1, -0.05) is 60.1 Å². The van der Waals surface area contributed by atoms with E-state index < -0.39 is 0 Å². The Hall–Kier alpha value is -2.39. The lowest BCUT2D eigenvalue weighted by atomic mass is 10.1. The summed E-state index contributed by atoms with van der Waals surface area (Å²) in [6, 6.07) is 19.1. The average Bonchev–Trinajstić information content (AvgIpc) is 2.93. The molecule has 104 valence electrons. The maximum Gasteiger partial charge on any atom is 0.168 e. The largest absolute Gasteiger partial charge is 0.296 e. The molecular weight excluding hydrogens is 284 g/mol. The molecule has 21 heavy (non-hydrogen) atoms. The second-order valence-corrected chi connectivity index (χ2v) is 5.09. The van der Waals surface area contributed by atoms with Crippen LogP contribution in [-0.4, -0.2) is 16.1 Å². The van der Waals surface area contributed by atoms with Gasteiger partial charge >= 0.3 is 0 Å². The Morgan fingerprint density at radius 2 is 1.76 bits per heavy atom. The molecule has 0 amide bonds. The van der Waals surface area contributed by atoms with E-state index in [2.05, 4.69) is 5.10 Å². The van der Waals surface area contributed by atoms with E-state index in [1.807, 2.05) is 54.6 Å². The number of nitrogens with zero attached hydrogens (tertiary/aromatic N) is 2. The highest BCUT2D eigenvalue weighted by Crippen LogP contribution is 2.21. The molecule has 0 spiro atoms. The van der Waals surface area contributed by atoms with Crippen molar-refractivity contribution in [3.63, 3.8) is 0 Å². The maximum atomic E-state index is 11.3. The van der Waals surface area contributed by atoms with E-state index in [0.717, 1.165) is 23.1 Å². The Morgan fingerprint density at radius 3 is 2.48 bits per heavy atom. The molecule has 3 aromatic rings. The van der Waals surface area contributed by atoms with Crippen LogP contribution in [0.4, 0.5) is 0 Å². The van der Waals surface area contributed by atoms with Crippen LogP contribution in [0.2, 0.25) is 5.02 Å². The number of aldehydes is 1. The summed E-state index contributed by atoms with van der Waals surface area (Å²) in [6.07, 6.45) is 0.816. The SMILES string of the molecule is O=Cc1cc(-c2ccccc2)nn1Cc1ccccc1Cl. The van der Waals surface area contributed by atoms with Crippen LogP contribution in [0.3, 0.4) is 0 Å². The van der Waals surface area contributed by atoms with Crippen LogP contribution < -0.4 is 0 Å². The van der Waals surface area contributed by atoms with Crippen LogP contribution in [0.25, 0.3) is 11.3 Å². The van der Waals surface area contributed by atoms with Crippen molar-refractivity contribution in [2.45, 2.75) is 6.54 Å². The molecule has 1 aromatic heterocycles. The molecule has 0 saturated carbocycles. The van der Waals surface area contributed by atoms with E-state index in [4.69, 9.17) is 11.6 Å². The lowest BCUT2D eigenvalue weighted by Gasteiger charge is -2.05. The van der Waals surface area contributed by atoms with E-state index in [1.54, 1.807) is 10.7 Å². The second-order valence-electron chi connectivity index (χ2n) is 4.69. The summed E-state index contributed by atoms with van der Waals surface area (Å²) in [6.45, 7) is 0.473. The second kappa shape index (κ2) is 5.94. The Balaban J connectivity index is 1.98. The van der Waals surface area contributed by atoms with Gasteiger partial charge in [0.25, 0.3) is 0 Å². The van der Waals surface area contributed by atoms with Gasteiger partial charge in [0, 0.05) is 10.6 Å².